The molecule has 16 heavy (non-hydrogen) atoms. The fraction of sp³-hybridized carbons (Fsp3) is 1.00. The molecule has 0 bridgehead atoms. The van der Waals surface area contributed by atoms with Crippen LogP contribution in [0.1, 0.15) is 19.8 Å². The first kappa shape index (κ1) is 15.8. The summed E-state index contributed by atoms with van der Waals surface area (Å²) in [6.07, 6.45) is 2.47. The van der Waals surface area contributed by atoms with E-state index in [0.717, 1.165) is 12.7 Å². The SMILES string of the molecule is CCCC(CN)NS(=O)(=O)CCS(C)(=O)=O. The van der Waals surface area contributed by atoms with Crippen LogP contribution in [-0.4, -0.2) is 47.2 Å². The van der Waals surface area contributed by atoms with E-state index < -0.39 is 25.6 Å². The summed E-state index contributed by atoms with van der Waals surface area (Å²) in [5, 5.41) is 0. The maximum Gasteiger partial charge on any atom is 0.212 e. The van der Waals surface area contributed by atoms with Crippen molar-refractivity contribution in [1.29, 1.82) is 0 Å². The molecular formula is C8H20N2O4S2. The monoisotopic (exact) mass is 272 g/mol. The largest absolute Gasteiger partial charge is 0.329 e. The Hall–Kier alpha value is -0.180. The third kappa shape index (κ3) is 8.03. The molecule has 0 aromatic heterocycles. The number of hydrogen-bond acceptors (Lipinski definition) is 5. The molecule has 0 rings (SSSR count). The van der Waals surface area contributed by atoms with E-state index in [4.69, 9.17) is 5.73 Å². The summed E-state index contributed by atoms with van der Waals surface area (Å²) >= 11 is 0. The second kappa shape index (κ2) is 6.53. The molecule has 0 spiro atoms. The van der Waals surface area contributed by atoms with E-state index in [0.29, 0.717) is 6.42 Å². The molecule has 0 aliphatic carbocycles. The molecule has 0 aromatic carbocycles. The summed E-state index contributed by atoms with van der Waals surface area (Å²) in [6, 6.07) is -0.311. The van der Waals surface area contributed by atoms with E-state index >= 15 is 0 Å². The van der Waals surface area contributed by atoms with Crippen LogP contribution >= 0.6 is 0 Å². The fourth-order valence-electron chi connectivity index (χ4n) is 1.15. The molecule has 98 valence electrons. The van der Waals surface area contributed by atoms with Crippen molar-refractivity contribution in [3.8, 4) is 0 Å². The van der Waals surface area contributed by atoms with Gasteiger partial charge in [-0.05, 0) is 6.42 Å². The van der Waals surface area contributed by atoms with Gasteiger partial charge in [0.15, 0.2) is 0 Å². The highest BCUT2D eigenvalue weighted by Gasteiger charge is 2.18. The van der Waals surface area contributed by atoms with Gasteiger partial charge in [0.25, 0.3) is 0 Å². The minimum Gasteiger partial charge on any atom is -0.329 e. The molecule has 8 heteroatoms. The van der Waals surface area contributed by atoms with Gasteiger partial charge >= 0.3 is 0 Å². The first-order valence-electron chi connectivity index (χ1n) is 5.08. The van der Waals surface area contributed by atoms with Crippen LogP contribution in [0.25, 0.3) is 0 Å². The van der Waals surface area contributed by atoms with Gasteiger partial charge in [-0.1, -0.05) is 13.3 Å². The maximum absolute atomic E-state index is 11.5. The topological polar surface area (TPSA) is 106 Å². The molecule has 0 heterocycles. The van der Waals surface area contributed by atoms with Gasteiger partial charge < -0.3 is 5.73 Å². The molecule has 0 saturated carbocycles. The van der Waals surface area contributed by atoms with Crippen molar-refractivity contribution >= 4 is 19.9 Å². The van der Waals surface area contributed by atoms with Crippen LogP contribution in [0.4, 0.5) is 0 Å². The van der Waals surface area contributed by atoms with Crippen molar-refractivity contribution in [2.75, 3.05) is 24.3 Å². The normalized spacial score (nSPS) is 14.9. The standard InChI is InChI=1S/C8H20N2O4S2/c1-3-4-8(7-9)10-16(13,14)6-5-15(2,11)12/h8,10H,3-7,9H2,1-2H3. The summed E-state index contributed by atoms with van der Waals surface area (Å²) in [4.78, 5) is 0. The average molecular weight is 272 g/mol. The molecule has 0 saturated heterocycles. The maximum atomic E-state index is 11.5. The molecule has 6 nitrogen and oxygen atoms in total. The van der Waals surface area contributed by atoms with E-state index in [1.54, 1.807) is 0 Å². The molecule has 1 atom stereocenters. The van der Waals surface area contributed by atoms with Gasteiger partial charge in [-0.15, -0.1) is 0 Å². The fourth-order valence-corrected chi connectivity index (χ4v) is 4.08. The summed E-state index contributed by atoms with van der Waals surface area (Å²) in [5.74, 6) is -0.780. The van der Waals surface area contributed by atoms with Crippen molar-refractivity contribution in [2.24, 2.45) is 5.73 Å². The van der Waals surface area contributed by atoms with Crippen molar-refractivity contribution in [3.63, 3.8) is 0 Å². The van der Waals surface area contributed by atoms with Crippen molar-refractivity contribution in [1.82, 2.24) is 4.72 Å². The van der Waals surface area contributed by atoms with Crippen molar-refractivity contribution in [3.05, 3.63) is 0 Å². The summed E-state index contributed by atoms with van der Waals surface area (Å²) in [6.45, 7) is 2.14. The van der Waals surface area contributed by atoms with Crippen molar-refractivity contribution < 1.29 is 16.8 Å². The lowest BCUT2D eigenvalue weighted by Crippen LogP contribution is -2.42. The molecule has 0 radical (unpaired) electrons. The van der Waals surface area contributed by atoms with E-state index in [1.165, 1.54) is 0 Å². The highest BCUT2D eigenvalue weighted by Crippen LogP contribution is 1.98. The van der Waals surface area contributed by atoms with Crippen LogP contribution in [0.5, 0.6) is 0 Å². The predicted octanol–water partition coefficient (Wildman–Crippen LogP) is -0.922. The predicted molar refractivity (Wildman–Crippen MR) is 64.4 cm³/mol. The summed E-state index contributed by atoms with van der Waals surface area (Å²) < 4.78 is 47.1. The Morgan fingerprint density at radius 3 is 2.12 bits per heavy atom. The zero-order valence-corrected chi connectivity index (χ0v) is 11.3. The van der Waals surface area contributed by atoms with E-state index in [2.05, 4.69) is 4.72 Å². The van der Waals surface area contributed by atoms with Crippen LogP contribution in [0.2, 0.25) is 0 Å². The Labute approximate surface area is 97.6 Å². The Morgan fingerprint density at radius 2 is 1.75 bits per heavy atom. The number of sulfonamides is 1. The molecule has 0 aromatic rings. The number of sulfone groups is 1. The number of nitrogens with two attached hydrogens (primary N) is 1. The van der Waals surface area contributed by atoms with Gasteiger partial charge in [0.05, 0.1) is 11.5 Å². The Balaban J connectivity index is 4.34. The van der Waals surface area contributed by atoms with Crippen LogP contribution in [0.15, 0.2) is 0 Å². The van der Waals surface area contributed by atoms with Crippen molar-refractivity contribution in [2.45, 2.75) is 25.8 Å². The van der Waals surface area contributed by atoms with Crippen LogP contribution < -0.4 is 10.5 Å². The number of nitrogens with one attached hydrogen (secondary N) is 1. The first-order valence-corrected chi connectivity index (χ1v) is 8.79. The average Bonchev–Trinajstić information content (AvgIpc) is 2.13. The molecule has 0 aliphatic rings. The zero-order chi connectivity index (χ0) is 12.8. The van der Waals surface area contributed by atoms with Gasteiger partial charge in [-0.25, -0.2) is 21.6 Å². The second-order valence-corrected chi connectivity index (χ2v) is 7.92. The number of rotatable bonds is 8. The van der Waals surface area contributed by atoms with Gasteiger partial charge in [0.2, 0.25) is 10.0 Å². The van der Waals surface area contributed by atoms with Crippen LogP contribution in [0.3, 0.4) is 0 Å². The first-order chi connectivity index (χ1) is 7.20. The molecule has 0 aliphatic heterocycles. The van der Waals surface area contributed by atoms with E-state index in [-0.39, 0.29) is 18.3 Å². The Kier molecular flexibility index (Phi) is 6.46. The van der Waals surface area contributed by atoms with Gasteiger partial charge in [0.1, 0.15) is 9.84 Å². The molecule has 3 N–H and O–H groups in total. The minimum atomic E-state index is -3.56. The highest BCUT2D eigenvalue weighted by atomic mass is 32.2. The van der Waals surface area contributed by atoms with Gasteiger partial charge in [-0.2, -0.15) is 0 Å². The lowest BCUT2D eigenvalue weighted by Gasteiger charge is -2.15. The molecule has 0 fully saturated rings. The summed E-state index contributed by atoms with van der Waals surface area (Å²) in [7, 11) is -6.82. The minimum absolute atomic E-state index is 0.214. The molecule has 0 amide bonds. The van der Waals surface area contributed by atoms with E-state index in [9.17, 15) is 16.8 Å². The smallest absolute Gasteiger partial charge is 0.212 e. The number of hydrogen-bond donors (Lipinski definition) is 2. The molecule has 1 unspecified atom stereocenters. The third-order valence-electron chi connectivity index (χ3n) is 1.99. The lowest BCUT2D eigenvalue weighted by molar-refractivity contribution is 0.527. The lowest BCUT2D eigenvalue weighted by atomic mass is 10.2. The highest BCUT2D eigenvalue weighted by molar-refractivity contribution is 7.93. The van der Waals surface area contributed by atoms with Gasteiger partial charge in [0, 0.05) is 18.8 Å². The van der Waals surface area contributed by atoms with Crippen LogP contribution in [-0.2, 0) is 19.9 Å². The quantitative estimate of drug-likeness (QED) is 0.594. The zero-order valence-electron chi connectivity index (χ0n) is 9.64. The Bertz CT molecular complexity index is 388. The molecular weight excluding hydrogens is 252 g/mol. The van der Waals surface area contributed by atoms with Gasteiger partial charge in [-0.3, -0.25) is 0 Å². The summed E-state index contributed by atoms with van der Waals surface area (Å²) in [5.41, 5.74) is 5.40. The van der Waals surface area contributed by atoms with Crippen LogP contribution in [0, 0.1) is 0 Å². The van der Waals surface area contributed by atoms with E-state index in [1.807, 2.05) is 6.92 Å². The second-order valence-electron chi connectivity index (χ2n) is 3.79. The third-order valence-corrected chi connectivity index (χ3v) is 4.63. The Morgan fingerprint density at radius 1 is 1.19 bits per heavy atom.